The third-order valence-electron chi connectivity index (χ3n) is 2.46. The van der Waals surface area contributed by atoms with E-state index >= 15 is 0 Å². The topological polar surface area (TPSA) is 17.1 Å². The van der Waals surface area contributed by atoms with Gasteiger partial charge in [-0.25, -0.2) is 0 Å². The first-order chi connectivity index (χ1) is 6.42. The quantitative estimate of drug-likeness (QED) is 0.640. The van der Waals surface area contributed by atoms with E-state index in [9.17, 15) is 4.79 Å². The molecule has 0 aromatic heterocycles. The van der Waals surface area contributed by atoms with Crippen molar-refractivity contribution in [1.82, 2.24) is 0 Å². The molecule has 0 unspecified atom stereocenters. The van der Waals surface area contributed by atoms with Gasteiger partial charge in [-0.3, -0.25) is 0 Å². The largest absolute Gasteiger partial charge is 0.303 e. The number of hydrogen-bond acceptors (Lipinski definition) is 1. The van der Waals surface area contributed by atoms with Crippen molar-refractivity contribution in [3.8, 4) is 0 Å². The highest BCUT2D eigenvalue weighted by Gasteiger charge is 2.11. The Bertz CT molecular complexity index is 350. The first kappa shape index (κ1) is 8.24. The zero-order chi connectivity index (χ0) is 9.10. The minimum absolute atomic E-state index is 0.639. The van der Waals surface area contributed by atoms with Gasteiger partial charge in [0.15, 0.2) is 0 Å². The lowest BCUT2D eigenvalue weighted by Gasteiger charge is -2.02. The third-order valence-corrected chi connectivity index (χ3v) is 2.46. The fourth-order valence-corrected chi connectivity index (χ4v) is 1.81. The molecule has 66 valence electrons. The number of hydrogen-bond donors (Lipinski definition) is 0. The average Bonchev–Trinajstić information content (AvgIpc) is 2.58. The van der Waals surface area contributed by atoms with Crippen molar-refractivity contribution >= 4 is 11.9 Å². The van der Waals surface area contributed by atoms with E-state index in [-0.39, 0.29) is 0 Å². The molecule has 1 aromatic rings. The van der Waals surface area contributed by atoms with Gasteiger partial charge in [0.25, 0.3) is 0 Å². The summed E-state index contributed by atoms with van der Waals surface area (Å²) >= 11 is 0. The molecule has 13 heavy (non-hydrogen) atoms. The maximum absolute atomic E-state index is 10.2. The van der Waals surface area contributed by atoms with Crippen LogP contribution in [0.1, 0.15) is 24.0 Å². The van der Waals surface area contributed by atoms with Crippen molar-refractivity contribution in [2.24, 2.45) is 0 Å². The monoisotopic (exact) mass is 172 g/mol. The molecule has 0 aliphatic heterocycles. The molecule has 1 aliphatic carbocycles. The summed E-state index contributed by atoms with van der Waals surface area (Å²) in [5.74, 6) is 0. The van der Waals surface area contributed by atoms with Gasteiger partial charge < -0.3 is 4.79 Å². The Labute approximate surface area is 78.1 Å². The van der Waals surface area contributed by atoms with E-state index in [0.717, 1.165) is 19.1 Å². The van der Waals surface area contributed by atoms with Crippen LogP contribution in [0.3, 0.4) is 0 Å². The molecule has 0 fully saturated rings. The molecule has 1 aliphatic rings. The minimum Gasteiger partial charge on any atom is -0.303 e. The molecule has 0 atom stereocenters. The Hall–Kier alpha value is -1.37. The second-order valence-electron chi connectivity index (χ2n) is 3.30. The second kappa shape index (κ2) is 3.56. The third kappa shape index (κ3) is 1.55. The normalized spacial score (nSPS) is 13.7. The lowest BCUT2D eigenvalue weighted by atomic mass is 10.0. The number of benzene rings is 1. The minimum atomic E-state index is 0.639. The molecule has 0 N–H and O–H groups in total. The highest BCUT2D eigenvalue weighted by molar-refractivity contribution is 5.74. The Morgan fingerprint density at radius 3 is 3.00 bits per heavy atom. The van der Waals surface area contributed by atoms with Crippen molar-refractivity contribution < 1.29 is 4.79 Å². The summed E-state index contributed by atoms with van der Waals surface area (Å²) < 4.78 is 0. The summed E-state index contributed by atoms with van der Waals surface area (Å²) in [7, 11) is 0. The molecule has 1 heteroatoms. The Balaban J connectivity index is 2.20. The fraction of sp³-hybridized carbons (Fsp3) is 0.250. The van der Waals surface area contributed by atoms with E-state index in [1.807, 2.05) is 0 Å². The lowest BCUT2D eigenvalue weighted by molar-refractivity contribution is -0.107. The average molecular weight is 172 g/mol. The van der Waals surface area contributed by atoms with Crippen LogP contribution in [-0.2, 0) is 11.2 Å². The summed E-state index contributed by atoms with van der Waals surface area (Å²) in [6, 6.07) is 8.41. The molecular weight excluding hydrogens is 160 g/mol. The van der Waals surface area contributed by atoms with Crippen LogP contribution < -0.4 is 0 Å². The number of fused-ring (bicyclic) bond motifs is 1. The van der Waals surface area contributed by atoms with Crippen molar-refractivity contribution in [1.29, 1.82) is 0 Å². The first-order valence-corrected chi connectivity index (χ1v) is 4.63. The van der Waals surface area contributed by atoms with E-state index in [0.29, 0.717) is 6.42 Å². The number of carbonyl (C=O) groups is 1. The molecule has 1 aromatic carbocycles. The molecule has 0 bridgehead atoms. The predicted octanol–water partition coefficient (Wildman–Crippen LogP) is 2.61. The molecule has 2 rings (SSSR count). The summed E-state index contributed by atoms with van der Waals surface area (Å²) in [6.07, 6.45) is 5.78. The van der Waals surface area contributed by atoms with Gasteiger partial charge in [-0.15, -0.1) is 0 Å². The van der Waals surface area contributed by atoms with Crippen molar-refractivity contribution in [3.63, 3.8) is 0 Å². The van der Waals surface area contributed by atoms with Crippen molar-refractivity contribution in [2.75, 3.05) is 0 Å². The van der Waals surface area contributed by atoms with Crippen LogP contribution in [0.15, 0.2) is 30.3 Å². The van der Waals surface area contributed by atoms with Crippen LogP contribution in [0, 0.1) is 0 Å². The van der Waals surface area contributed by atoms with Crippen molar-refractivity contribution in [2.45, 2.75) is 19.3 Å². The van der Waals surface area contributed by atoms with Gasteiger partial charge in [-0.05, 0) is 29.5 Å². The number of rotatable bonds is 3. The van der Waals surface area contributed by atoms with Crippen LogP contribution in [-0.4, -0.2) is 6.29 Å². The fourth-order valence-electron chi connectivity index (χ4n) is 1.81. The van der Waals surface area contributed by atoms with E-state index in [1.54, 1.807) is 0 Å². The van der Waals surface area contributed by atoms with E-state index < -0.39 is 0 Å². The lowest BCUT2D eigenvalue weighted by Crippen LogP contribution is -1.84. The maximum Gasteiger partial charge on any atom is 0.120 e. The van der Waals surface area contributed by atoms with E-state index in [2.05, 4.69) is 30.3 Å². The zero-order valence-corrected chi connectivity index (χ0v) is 7.49. The Kier molecular flexibility index (Phi) is 2.26. The summed E-state index contributed by atoms with van der Waals surface area (Å²) in [5.41, 5.74) is 4.07. The van der Waals surface area contributed by atoms with Crippen LogP contribution >= 0.6 is 0 Å². The van der Waals surface area contributed by atoms with E-state index in [4.69, 9.17) is 0 Å². The smallest absolute Gasteiger partial charge is 0.120 e. The van der Waals surface area contributed by atoms with E-state index in [1.165, 1.54) is 16.7 Å². The Morgan fingerprint density at radius 2 is 2.15 bits per heavy atom. The van der Waals surface area contributed by atoms with Gasteiger partial charge >= 0.3 is 0 Å². The van der Waals surface area contributed by atoms with Crippen LogP contribution in [0.25, 0.3) is 5.57 Å². The number of allylic oxidation sites excluding steroid dienone is 2. The highest BCUT2D eigenvalue weighted by Crippen LogP contribution is 2.29. The van der Waals surface area contributed by atoms with Gasteiger partial charge in [0.05, 0.1) is 0 Å². The standard InChI is InChI=1S/C12H12O/c13-9-3-5-11-8-7-10-4-1-2-6-12(10)11/h1-2,4,6,8-9H,3,5,7H2. The van der Waals surface area contributed by atoms with Gasteiger partial charge in [0.1, 0.15) is 6.29 Å². The molecule has 1 nitrogen and oxygen atoms in total. The molecule has 0 saturated carbocycles. The second-order valence-corrected chi connectivity index (χ2v) is 3.30. The summed E-state index contributed by atoms with van der Waals surface area (Å²) in [6.45, 7) is 0. The van der Waals surface area contributed by atoms with Gasteiger partial charge in [-0.2, -0.15) is 0 Å². The summed E-state index contributed by atoms with van der Waals surface area (Å²) in [5, 5.41) is 0. The van der Waals surface area contributed by atoms with Crippen LogP contribution in [0.5, 0.6) is 0 Å². The van der Waals surface area contributed by atoms with Gasteiger partial charge in [0, 0.05) is 6.42 Å². The predicted molar refractivity (Wildman–Crippen MR) is 53.4 cm³/mol. The molecular formula is C12H12O. The molecule has 0 heterocycles. The van der Waals surface area contributed by atoms with Crippen molar-refractivity contribution in [3.05, 3.63) is 41.5 Å². The SMILES string of the molecule is O=CCCC1=CCc2ccccc21. The van der Waals surface area contributed by atoms with Crippen LogP contribution in [0.4, 0.5) is 0 Å². The number of aldehydes is 1. The van der Waals surface area contributed by atoms with Gasteiger partial charge in [0.2, 0.25) is 0 Å². The Morgan fingerprint density at radius 1 is 1.31 bits per heavy atom. The molecule has 0 saturated heterocycles. The zero-order valence-electron chi connectivity index (χ0n) is 7.49. The van der Waals surface area contributed by atoms with Gasteiger partial charge in [-0.1, -0.05) is 30.3 Å². The molecule has 0 spiro atoms. The maximum atomic E-state index is 10.2. The molecule has 0 amide bonds. The molecule has 0 radical (unpaired) electrons. The number of carbonyl (C=O) groups excluding carboxylic acids is 1. The van der Waals surface area contributed by atoms with Crippen LogP contribution in [0.2, 0.25) is 0 Å². The first-order valence-electron chi connectivity index (χ1n) is 4.63. The highest BCUT2D eigenvalue weighted by atomic mass is 16.1. The summed E-state index contributed by atoms with van der Waals surface area (Å²) in [4.78, 5) is 10.2.